The third kappa shape index (κ3) is 2.92. The number of nitrogens with zero attached hydrogens (tertiary/aromatic N) is 1. The van der Waals surface area contributed by atoms with Gasteiger partial charge in [-0.3, -0.25) is 4.79 Å². The van der Waals surface area contributed by atoms with Gasteiger partial charge >= 0.3 is 0 Å². The van der Waals surface area contributed by atoms with Gasteiger partial charge in [0.1, 0.15) is 0 Å². The van der Waals surface area contributed by atoms with Crippen LogP contribution in [0.3, 0.4) is 0 Å². The molecule has 0 bridgehead atoms. The summed E-state index contributed by atoms with van der Waals surface area (Å²) in [5, 5.41) is 5.06. The lowest BCUT2D eigenvalue weighted by atomic mass is 10.2. The Morgan fingerprint density at radius 2 is 2.11 bits per heavy atom. The van der Waals surface area contributed by atoms with Gasteiger partial charge in [0, 0.05) is 17.5 Å². The number of thiazole rings is 1. The van der Waals surface area contributed by atoms with E-state index in [-0.39, 0.29) is 12.5 Å². The van der Waals surface area contributed by atoms with E-state index in [2.05, 4.69) is 10.3 Å². The van der Waals surface area contributed by atoms with Crippen molar-refractivity contribution in [3.8, 4) is 11.3 Å². The first kappa shape index (κ1) is 12.7. The number of hydrogen-bond donors (Lipinski definition) is 3. The number of rotatable bonds is 4. The second-order valence-electron chi connectivity index (χ2n) is 3.74. The summed E-state index contributed by atoms with van der Waals surface area (Å²) in [6, 6.07) is 9.06. The molecule has 1 unspecified atom stereocenters. The molecule has 2 aromatic rings. The average Bonchev–Trinajstić information content (AvgIpc) is 2.87. The quantitative estimate of drug-likeness (QED) is 0.767. The van der Waals surface area contributed by atoms with Gasteiger partial charge in [-0.2, -0.15) is 0 Å². The van der Waals surface area contributed by atoms with Crippen LogP contribution in [0.2, 0.25) is 0 Å². The summed E-state index contributed by atoms with van der Waals surface area (Å²) in [6.45, 7) is 0.114. The molecule has 5 nitrogen and oxygen atoms in total. The minimum Gasteiger partial charge on any atom is -0.328 e. The molecule has 0 spiro atoms. The fraction of sp³-hybridized carbons (Fsp3) is 0.167. The molecule has 1 aromatic heterocycles. The van der Waals surface area contributed by atoms with Crippen LogP contribution in [0, 0.1) is 0 Å². The zero-order valence-electron chi connectivity index (χ0n) is 9.67. The van der Waals surface area contributed by atoms with Crippen molar-refractivity contribution < 1.29 is 4.79 Å². The van der Waals surface area contributed by atoms with E-state index in [1.54, 1.807) is 0 Å². The Labute approximate surface area is 109 Å². The van der Waals surface area contributed by atoms with Crippen LogP contribution in [0.4, 0.5) is 5.13 Å². The van der Waals surface area contributed by atoms with Crippen LogP contribution < -0.4 is 16.8 Å². The molecular weight excluding hydrogens is 248 g/mol. The summed E-state index contributed by atoms with van der Waals surface area (Å²) in [5.41, 5.74) is 12.7. The predicted molar refractivity (Wildman–Crippen MR) is 73.2 cm³/mol. The summed E-state index contributed by atoms with van der Waals surface area (Å²) in [5.74, 6) is -0.313. The normalized spacial score (nSPS) is 12.1. The van der Waals surface area contributed by atoms with Crippen molar-refractivity contribution >= 4 is 22.4 Å². The maximum Gasteiger partial charge on any atom is 0.244 e. The molecule has 2 rings (SSSR count). The summed E-state index contributed by atoms with van der Waals surface area (Å²) >= 11 is 1.36. The molecule has 18 heavy (non-hydrogen) atoms. The highest BCUT2D eigenvalue weighted by molar-refractivity contribution is 7.14. The first-order chi connectivity index (χ1) is 8.70. The van der Waals surface area contributed by atoms with Crippen LogP contribution in [0.25, 0.3) is 11.3 Å². The molecule has 0 fully saturated rings. The molecule has 0 radical (unpaired) electrons. The van der Waals surface area contributed by atoms with E-state index in [4.69, 9.17) is 11.5 Å². The van der Waals surface area contributed by atoms with Gasteiger partial charge in [-0.1, -0.05) is 30.3 Å². The van der Waals surface area contributed by atoms with Crippen molar-refractivity contribution in [3.63, 3.8) is 0 Å². The van der Waals surface area contributed by atoms with E-state index in [0.717, 1.165) is 11.3 Å². The first-order valence-electron chi connectivity index (χ1n) is 5.48. The van der Waals surface area contributed by atoms with Gasteiger partial charge < -0.3 is 16.8 Å². The standard InChI is InChI=1S/C12H14N4OS/c13-6-9(14)11(17)16-12-15-10(7-18-12)8-4-2-1-3-5-8/h1-5,7,9H,6,13-14H2,(H,15,16,17). The van der Waals surface area contributed by atoms with Gasteiger partial charge in [0.05, 0.1) is 11.7 Å². The van der Waals surface area contributed by atoms with E-state index >= 15 is 0 Å². The Balaban J connectivity index is 2.10. The number of amides is 1. The molecule has 5 N–H and O–H groups in total. The number of benzene rings is 1. The number of aromatic nitrogens is 1. The van der Waals surface area contributed by atoms with Crippen molar-refractivity contribution in [3.05, 3.63) is 35.7 Å². The minimum absolute atomic E-state index is 0.114. The third-order valence-corrected chi connectivity index (χ3v) is 3.15. The Kier molecular flexibility index (Phi) is 4.03. The Morgan fingerprint density at radius 3 is 2.78 bits per heavy atom. The molecule has 0 saturated carbocycles. The maximum absolute atomic E-state index is 11.5. The van der Waals surface area contributed by atoms with Crippen molar-refractivity contribution in [2.75, 3.05) is 11.9 Å². The molecule has 0 saturated heterocycles. The number of hydrogen-bond acceptors (Lipinski definition) is 5. The predicted octanol–water partition coefficient (Wildman–Crippen LogP) is 1.03. The highest BCUT2D eigenvalue weighted by atomic mass is 32.1. The van der Waals surface area contributed by atoms with Crippen molar-refractivity contribution in [1.82, 2.24) is 4.98 Å². The Hall–Kier alpha value is -1.76. The molecule has 0 aliphatic rings. The van der Waals surface area contributed by atoms with Gasteiger partial charge in [-0.05, 0) is 0 Å². The lowest BCUT2D eigenvalue weighted by Gasteiger charge is -2.06. The minimum atomic E-state index is -0.700. The van der Waals surface area contributed by atoms with Crippen molar-refractivity contribution in [1.29, 1.82) is 0 Å². The molecule has 1 atom stereocenters. The van der Waals surface area contributed by atoms with Crippen molar-refractivity contribution in [2.24, 2.45) is 11.5 Å². The third-order valence-electron chi connectivity index (χ3n) is 2.39. The van der Waals surface area contributed by atoms with E-state index < -0.39 is 6.04 Å². The second-order valence-corrected chi connectivity index (χ2v) is 4.59. The summed E-state index contributed by atoms with van der Waals surface area (Å²) in [4.78, 5) is 15.9. The molecule has 6 heteroatoms. The zero-order valence-corrected chi connectivity index (χ0v) is 10.5. The van der Waals surface area contributed by atoms with Gasteiger partial charge in [-0.25, -0.2) is 4.98 Å². The monoisotopic (exact) mass is 262 g/mol. The van der Waals surface area contributed by atoms with Gasteiger partial charge in [0.25, 0.3) is 0 Å². The summed E-state index contributed by atoms with van der Waals surface area (Å²) in [6.07, 6.45) is 0. The number of nitrogens with two attached hydrogens (primary N) is 2. The van der Waals surface area contributed by atoms with Crippen LogP contribution in [-0.4, -0.2) is 23.5 Å². The summed E-state index contributed by atoms with van der Waals surface area (Å²) in [7, 11) is 0. The lowest BCUT2D eigenvalue weighted by molar-refractivity contribution is -0.117. The second kappa shape index (κ2) is 5.72. The average molecular weight is 262 g/mol. The number of carbonyl (C=O) groups excluding carboxylic acids is 1. The highest BCUT2D eigenvalue weighted by Gasteiger charge is 2.13. The molecule has 1 amide bonds. The smallest absolute Gasteiger partial charge is 0.244 e. The molecule has 0 aliphatic carbocycles. The van der Waals surface area contributed by atoms with Gasteiger partial charge in [0.15, 0.2) is 5.13 Å². The highest BCUT2D eigenvalue weighted by Crippen LogP contribution is 2.24. The largest absolute Gasteiger partial charge is 0.328 e. The molecule has 94 valence electrons. The fourth-order valence-electron chi connectivity index (χ4n) is 1.38. The number of carbonyl (C=O) groups is 1. The van der Waals surface area contributed by atoms with E-state index in [1.165, 1.54) is 11.3 Å². The molecule has 1 heterocycles. The maximum atomic E-state index is 11.5. The number of anilines is 1. The lowest BCUT2D eigenvalue weighted by Crippen LogP contribution is -2.41. The van der Waals surface area contributed by atoms with Crippen LogP contribution in [0.1, 0.15) is 0 Å². The van der Waals surface area contributed by atoms with E-state index in [1.807, 2.05) is 35.7 Å². The van der Waals surface area contributed by atoms with Crippen LogP contribution in [0.15, 0.2) is 35.7 Å². The number of nitrogens with one attached hydrogen (secondary N) is 1. The van der Waals surface area contributed by atoms with E-state index in [0.29, 0.717) is 5.13 Å². The Morgan fingerprint density at radius 1 is 1.39 bits per heavy atom. The zero-order chi connectivity index (χ0) is 13.0. The van der Waals surface area contributed by atoms with Gasteiger partial charge in [0.2, 0.25) is 5.91 Å². The first-order valence-corrected chi connectivity index (χ1v) is 6.36. The van der Waals surface area contributed by atoms with Gasteiger partial charge in [-0.15, -0.1) is 11.3 Å². The van der Waals surface area contributed by atoms with Crippen LogP contribution >= 0.6 is 11.3 Å². The van der Waals surface area contributed by atoms with Crippen LogP contribution in [-0.2, 0) is 4.79 Å². The molecule has 1 aromatic carbocycles. The fourth-order valence-corrected chi connectivity index (χ4v) is 2.10. The Bertz CT molecular complexity index is 526. The van der Waals surface area contributed by atoms with E-state index in [9.17, 15) is 4.79 Å². The van der Waals surface area contributed by atoms with Crippen LogP contribution in [0.5, 0.6) is 0 Å². The summed E-state index contributed by atoms with van der Waals surface area (Å²) < 4.78 is 0. The SMILES string of the molecule is NCC(N)C(=O)Nc1nc(-c2ccccc2)cs1. The topological polar surface area (TPSA) is 94.0 Å². The molecular formula is C12H14N4OS. The molecule has 0 aliphatic heterocycles. The van der Waals surface area contributed by atoms with Crippen molar-refractivity contribution in [2.45, 2.75) is 6.04 Å².